The van der Waals surface area contributed by atoms with Gasteiger partial charge in [0, 0.05) is 13.7 Å². The predicted molar refractivity (Wildman–Crippen MR) is 74.8 cm³/mol. The topological polar surface area (TPSA) is 83.9 Å². The Balaban J connectivity index is 2.25. The predicted octanol–water partition coefficient (Wildman–Crippen LogP) is 0.940. The average Bonchev–Trinajstić information content (AvgIpc) is 2.38. The Labute approximate surface area is 119 Å². The summed E-state index contributed by atoms with van der Waals surface area (Å²) in [5, 5.41) is 8.55. The Morgan fingerprint density at radius 2 is 1.95 bits per heavy atom. The van der Waals surface area contributed by atoms with E-state index in [1.165, 1.54) is 7.05 Å². The number of likely N-dealkylation sites (N-methyl/N-ethyl adjacent to an activating group) is 1. The molecule has 0 saturated carbocycles. The zero-order valence-corrected chi connectivity index (χ0v) is 12.2. The molecule has 0 bridgehead atoms. The van der Waals surface area contributed by atoms with Gasteiger partial charge in [-0.15, -0.1) is 0 Å². The van der Waals surface area contributed by atoms with Crippen molar-refractivity contribution >= 4 is 16.0 Å². The second-order valence-electron chi connectivity index (χ2n) is 4.36. The minimum atomic E-state index is -3.53. The van der Waals surface area contributed by atoms with E-state index >= 15 is 0 Å². The average molecular weight is 301 g/mol. The van der Waals surface area contributed by atoms with Crippen molar-refractivity contribution in [2.75, 3.05) is 26.0 Å². The summed E-state index contributed by atoms with van der Waals surface area (Å²) in [4.78, 5) is 10.5. The van der Waals surface area contributed by atoms with Crippen LogP contribution in [0.3, 0.4) is 0 Å². The van der Waals surface area contributed by atoms with Gasteiger partial charge in [0.15, 0.2) is 0 Å². The van der Waals surface area contributed by atoms with Gasteiger partial charge >= 0.3 is 5.97 Å². The van der Waals surface area contributed by atoms with Crippen molar-refractivity contribution < 1.29 is 23.1 Å². The Kier molecular flexibility index (Phi) is 6.63. The van der Waals surface area contributed by atoms with Crippen LogP contribution in [0.25, 0.3) is 0 Å². The summed E-state index contributed by atoms with van der Waals surface area (Å²) >= 11 is 0. The number of rotatable bonds is 9. The lowest BCUT2D eigenvalue weighted by molar-refractivity contribution is -0.137. The Morgan fingerprint density at radius 1 is 1.30 bits per heavy atom. The first kappa shape index (κ1) is 16.6. The number of carboxylic acids is 1. The number of nitrogens with zero attached hydrogens (tertiary/aromatic N) is 1. The van der Waals surface area contributed by atoms with E-state index in [1.54, 1.807) is 0 Å². The van der Waals surface area contributed by atoms with E-state index in [-0.39, 0.29) is 5.75 Å². The van der Waals surface area contributed by atoms with Gasteiger partial charge in [0.1, 0.15) is 6.54 Å². The number of aliphatic carboxylic acids is 1. The summed E-state index contributed by atoms with van der Waals surface area (Å²) in [6, 6.07) is 9.58. The van der Waals surface area contributed by atoms with E-state index in [4.69, 9.17) is 9.84 Å². The van der Waals surface area contributed by atoms with Crippen molar-refractivity contribution in [1.29, 1.82) is 0 Å². The third-order valence-electron chi connectivity index (χ3n) is 2.64. The van der Waals surface area contributed by atoms with Crippen molar-refractivity contribution in [3.63, 3.8) is 0 Å². The van der Waals surface area contributed by atoms with Crippen molar-refractivity contribution in [3.8, 4) is 0 Å². The van der Waals surface area contributed by atoms with E-state index in [1.807, 2.05) is 30.3 Å². The maximum atomic E-state index is 11.7. The van der Waals surface area contributed by atoms with Crippen LogP contribution >= 0.6 is 0 Å². The summed E-state index contributed by atoms with van der Waals surface area (Å²) in [5.41, 5.74) is 1.03. The number of hydrogen-bond donors (Lipinski definition) is 1. The molecule has 0 aliphatic carbocycles. The van der Waals surface area contributed by atoms with E-state index in [9.17, 15) is 13.2 Å². The first-order chi connectivity index (χ1) is 9.42. The summed E-state index contributed by atoms with van der Waals surface area (Å²) < 4.78 is 29.6. The Bertz CT molecular complexity index is 515. The number of carboxylic acid groups (broad SMARTS) is 1. The van der Waals surface area contributed by atoms with Crippen molar-refractivity contribution in [2.24, 2.45) is 0 Å². The second-order valence-corrected chi connectivity index (χ2v) is 6.55. The first-order valence-corrected chi connectivity index (χ1v) is 7.80. The van der Waals surface area contributed by atoms with Crippen molar-refractivity contribution in [1.82, 2.24) is 4.31 Å². The number of ether oxygens (including phenoxy) is 1. The molecule has 6 nitrogen and oxygen atoms in total. The normalized spacial score (nSPS) is 11.7. The van der Waals surface area contributed by atoms with Gasteiger partial charge in [-0.05, 0) is 12.0 Å². The lowest BCUT2D eigenvalue weighted by Gasteiger charge is -2.14. The number of benzene rings is 1. The second kappa shape index (κ2) is 7.98. The van der Waals surface area contributed by atoms with Gasteiger partial charge in [0.25, 0.3) is 0 Å². The lowest BCUT2D eigenvalue weighted by atomic mass is 10.2. The monoisotopic (exact) mass is 301 g/mol. The fourth-order valence-electron chi connectivity index (χ4n) is 1.55. The third kappa shape index (κ3) is 6.14. The highest BCUT2D eigenvalue weighted by molar-refractivity contribution is 7.89. The molecular weight excluding hydrogens is 282 g/mol. The largest absolute Gasteiger partial charge is 0.480 e. The van der Waals surface area contributed by atoms with Crippen LogP contribution in [0.5, 0.6) is 0 Å². The number of carbonyl (C=O) groups is 1. The van der Waals surface area contributed by atoms with Crippen LogP contribution in [0.15, 0.2) is 30.3 Å². The zero-order chi connectivity index (χ0) is 15.0. The molecule has 0 radical (unpaired) electrons. The highest BCUT2D eigenvalue weighted by Gasteiger charge is 2.19. The first-order valence-electron chi connectivity index (χ1n) is 6.19. The fourth-order valence-corrected chi connectivity index (χ4v) is 2.65. The van der Waals surface area contributed by atoms with Crippen LogP contribution in [-0.4, -0.2) is 49.8 Å². The molecule has 1 N–H and O–H groups in total. The van der Waals surface area contributed by atoms with Crippen LogP contribution in [0, 0.1) is 0 Å². The standard InChI is InChI=1S/C13H19NO5S/c1-14(10-13(15)16)20(17,18)9-5-8-19-11-12-6-3-2-4-7-12/h2-4,6-7H,5,8-11H2,1H3,(H,15,16). The molecule has 0 fully saturated rings. The van der Waals surface area contributed by atoms with E-state index in [0.29, 0.717) is 19.6 Å². The molecule has 1 aromatic carbocycles. The van der Waals surface area contributed by atoms with Crippen LogP contribution < -0.4 is 0 Å². The molecule has 1 aromatic rings. The SMILES string of the molecule is CN(CC(=O)O)S(=O)(=O)CCCOCc1ccccc1. The van der Waals surface area contributed by atoms with Gasteiger partial charge in [0.05, 0.1) is 12.4 Å². The molecule has 0 heterocycles. The van der Waals surface area contributed by atoms with E-state index in [0.717, 1.165) is 9.87 Å². The van der Waals surface area contributed by atoms with Gasteiger partial charge < -0.3 is 9.84 Å². The molecule has 7 heteroatoms. The quantitative estimate of drug-likeness (QED) is 0.686. The fraction of sp³-hybridized carbons (Fsp3) is 0.462. The smallest absolute Gasteiger partial charge is 0.318 e. The minimum absolute atomic E-state index is 0.119. The Morgan fingerprint density at radius 3 is 2.55 bits per heavy atom. The van der Waals surface area contributed by atoms with Gasteiger partial charge in [-0.2, -0.15) is 4.31 Å². The van der Waals surface area contributed by atoms with Gasteiger partial charge in [-0.3, -0.25) is 4.79 Å². The van der Waals surface area contributed by atoms with Gasteiger partial charge in [-0.25, -0.2) is 8.42 Å². The lowest BCUT2D eigenvalue weighted by Crippen LogP contribution is -2.34. The van der Waals surface area contributed by atoms with Crippen molar-refractivity contribution in [3.05, 3.63) is 35.9 Å². The molecule has 0 aromatic heterocycles. The maximum Gasteiger partial charge on any atom is 0.318 e. The summed E-state index contributed by atoms with van der Waals surface area (Å²) in [5.74, 6) is -1.29. The molecule has 112 valence electrons. The van der Waals surface area contributed by atoms with Crippen molar-refractivity contribution in [2.45, 2.75) is 13.0 Å². The molecule has 0 saturated heterocycles. The summed E-state index contributed by atoms with van der Waals surface area (Å²) in [7, 11) is -2.27. The number of hydrogen-bond acceptors (Lipinski definition) is 4. The van der Waals surface area contributed by atoms with E-state index in [2.05, 4.69) is 0 Å². The Hall–Kier alpha value is -1.44. The molecule has 0 aliphatic rings. The van der Waals surface area contributed by atoms with Gasteiger partial charge in [0.2, 0.25) is 10.0 Å². The molecule has 20 heavy (non-hydrogen) atoms. The van der Waals surface area contributed by atoms with E-state index < -0.39 is 22.5 Å². The van der Waals surface area contributed by atoms with Gasteiger partial charge in [-0.1, -0.05) is 30.3 Å². The summed E-state index contributed by atoms with van der Waals surface area (Å²) in [6.45, 7) is 0.230. The zero-order valence-electron chi connectivity index (χ0n) is 11.4. The molecule has 0 unspecified atom stereocenters. The van der Waals surface area contributed by atoms with Crippen LogP contribution in [0.4, 0.5) is 0 Å². The van der Waals surface area contributed by atoms with Crippen LogP contribution in [0.1, 0.15) is 12.0 Å². The third-order valence-corrected chi connectivity index (χ3v) is 4.52. The molecule has 0 spiro atoms. The molecule has 1 rings (SSSR count). The summed E-state index contributed by atoms with van der Waals surface area (Å²) in [6.07, 6.45) is 0.332. The highest BCUT2D eigenvalue weighted by Crippen LogP contribution is 2.03. The number of sulfonamides is 1. The molecule has 0 atom stereocenters. The molecule has 0 aliphatic heterocycles. The van der Waals surface area contributed by atoms with Crippen LogP contribution in [-0.2, 0) is 26.2 Å². The highest BCUT2D eigenvalue weighted by atomic mass is 32.2. The van der Waals surface area contributed by atoms with Crippen LogP contribution in [0.2, 0.25) is 0 Å². The maximum absolute atomic E-state index is 11.7. The molecule has 0 amide bonds. The minimum Gasteiger partial charge on any atom is -0.480 e. The molecular formula is C13H19NO5S.